The predicted octanol–water partition coefficient (Wildman–Crippen LogP) is 4.62. The monoisotopic (exact) mass is 443 g/mol. The van der Waals surface area contributed by atoms with Crippen LogP contribution >= 0.6 is 11.6 Å². The maximum absolute atomic E-state index is 13.0. The largest absolute Gasteiger partial charge is 0.489 e. The number of ether oxygens (including phenoxy) is 3. The maximum Gasteiger partial charge on any atom is 0.344 e. The van der Waals surface area contributed by atoms with Crippen molar-refractivity contribution in [1.29, 1.82) is 0 Å². The molecule has 3 aromatic carbocycles. The summed E-state index contributed by atoms with van der Waals surface area (Å²) in [6.07, 6.45) is 0. The Morgan fingerprint density at radius 1 is 0.871 bits per heavy atom. The highest BCUT2D eigenvalue weighted by Crippen LogP contribution is 2.22. The average molecular weight is 444 g/mol. The molecule has 1 N–H and O–H groups in total. The number of hydrogen-bond donors (Lipinski definition) is 1. The molecule has 31 heavy (non-hydrogen) atoms. The van der Waals surface area contributed by atoms with Crippen molar-refractivity contribution in [3.63, 3.8) is 0 Å². The molecule has 1 amide bonds. The van der Waals surface area contributed by atoms with Gasteiger partial charge in [-0.2, -0.15) is 0 Å². The zero-order valence-corrected chi connectivity index (χ0v) is 17.1. The smallest absolute Gasteiger partial charge is 0.344 e. The van der Waals surface area contributed by atoms with Crippen LogP contribution in [0.15, 0.2) is 72.8 Å². The SMILES string of the molecule is O=C(COC(=O)COc1ccc(OCc2ccccc2)cc1)Nc1ccc(F)cc1Cl. The van der Waals surface area contributed by atoms with Crippen molar-refractivity contribution in [3.05, 3.63) is 89.2 Å². The van der Waals surface area contributed by atoms with Gasteiger partial charge in [0.2, 0.25) is 0 Å². The molecule has 8 heteroatoms. The molecule has 0 bridgehead atoms. The molecule has 0 aliphatic carbocycles. The van der Waals surface area contributed by atoms with Gasteiger partial charge in [-0.3, -0.25) is 4.79 Å². The molecule has 0 atom stereocenters. The number of carbonyl (C=O) groups excluding carboxylic acids is 2. The zero-order valence-electron chi connectivity index (χ0n) is 16.3. The summed E-state index contributed by atoms with van der Waals surface area (Å²) in [5.41, 5.74) is 1.27. The van der Waals surface area contributed by atoms with Gasteiger partial charge >= 0.3 is 5.97 Å². The minimum atomic E-state index is -0.718. The zero-order chi connectivity index (χ0) is 22.1. The van der Waals surface area contributed by atoms with Crippen LogP contribution in [-0.4, -0.2) is 25.1 Å². The van der Waals surface area contributed by atoms with E-state index in [9.17, 15) is 14.0 Å². The van der Waals surface area contributed by atoms with Crippen LogP contribution < -0.4 is 14.8 Å². The minimum Gasteiger partial charge on any atom is -0.489 e. The lowest BCUT2D eigenvalue weighted by Crippen LogP contribution is -2.23. The topological polar surface area (TPSA) is 73.9 Å². The van der Waals surface area contributed by atoms with Gasteiger partial charge in [0, 0.05) is 0 Å². The number of amides is 1. The molecule has 0 saturated carbocycles. The molecule has 3 rings (SSSR count). The number of esters is 1. The summed E-state index contributed by atoms with van der Waals surface area (Å²) < 4.78 is 28.9. The van der Waals surface area contributed by atoms with Crippen molar-refractivity contribution in [3.8, 4) is 11.5 Å². The van der Waals surface area contributed by atoms with E-state index in [1.807, 2.05) is 30.3 Å². The fourth-order valence-corrected chi connectivity index (χ4v) is 2.69. The Morgan fingerprint density at radius 2 is 1.55 bits per heavy atom. The molecule has 160 valence electrons. The maximum atomic E-state index is 13.0. The lowest BCUT2D eigenvalue weighted by molar-refractivity contribution is -0.149. The molecule has 0 aliphatic rings. The van der Waals surface area contributed by atoms with Crippen molar-refractivity contribution in [1.82, 2.24) is 0 Å². The van der Waals surface area contributed by atoms with E-state index in [4.69, 9.17) is 25.8 Å². The summed E-state index contributed by atoms with van der Waals surface area (Å²) in [6.45, 7) is -0.449. The van der Waals surface area contributed by atoms with Gasteiger partial charge in [0.1, 0.15) is 23.9 Å². The number of benzene rings is 3. The summed E-state index contributed by atoms with van der Waals surface area (Å²) in [5, 5.41) is 2.47. The number of anilines is 1. The van der Waals surface area contributed by atoms with Crippen LogP contribution in [-0.2, 0) is 20.9 Å². The van der Waals surface area contributed by atoms with Crippen molar-refractivity contribution in [2.24, 2.45) is 0 Å². The average Bonchev–Trinajstić information content (AvgIpc) is 2.78. The van der Waals surface area contributed by atoms with Gasteiger partial charge in [-0.1, -0.05) is 41.9 Å². The third kappa shape index (κ3) is 7.31. The molecule has 0 heterocycles. The first-order chi connectivity index (χ1) is 15.0. The quantitative estimate of drug-likeness (QED) is 0.488. The molecule has 0 radical (unpaired) electrons. The second-order valence-electron chi connectivity index (χ2n) is 6.37. The van der Waals surface area contributed by atoms with Crippen LogP contribution in [0.4, 0.5) is 10.1 Å². The first kappa shape index (κ1) is 22.1. The summed E-state index contributed by atoms with van der Waals surface area (Å²) in [7, 11) is 0. The highest BCUT2D eigenvalue weighted by Gasteiger charge is 2.11. The minimum absolute atomic E-state index is 0.0409. The van der Waals surface area contributed by atoms with Gasteiger partial charge in [-0.05, 0) is 48.0 Å². The lowest BCUT2D eigenvalue weighted by Gasteiger charge is -2.10. The van der Waals surface area contributed by atoms with E-state index in [0.717, 1.165) is 17.7 Å². The highest BCUT2D eigenvalue weighted by molar-refractivity contribution is 6.33. The Morgan fingerprint density at radius 3 is 2.23 bits per heavy atom. The molecule has 0 fully saturated rings. The first-order valence-electron chi connectivity index (χ1n) is 9.30. The predicted molar refractivity (Wildman–Crippen MR) is 114 cm³/mol. The van der Waals surface area contributed by atoms with Crippen molar-refractivity contribution < 1.29 is 28.2 Å². The fraction of sp³-hybridized carbons (Fsp3) is 0.130. The van der Waals surface area contributed by atoms with Crippen LogP contribution in [0.2, 0.25) is 5.02 Å². The summed E-state index contributed by atoms with van der Waals surface area (Å²) in [5.74, 6) is -0.740. The van der Waals surface area contributed by atoms with E-state index < -0.39 is 24.3 Å². The van der Waals surface area contributed by atoms with Gasteiger partial charge in [-0.25, -0.2) is 9.18 Å². The molecular weight excluding hydrogens is 425 g/mol. The molecular formula is C23H19ClFNO5. The van der Waals surface area contributed by atoms with Crippen molar-refractivity contribution in [2.45, 2.75) is 6.61 Å². The lowest BCUT2D eigenvalue weighted by atomic mass is 10.2. The highest BCUT2D eigenvalue weighted by atomic mass is 35.5. The number of rotatable bonds is 9. The van der Waals surface area contributed by atoms with Crippen LogP contribution in [0, 0.1) is 5.82 Å². The van der Waals surface area contributed by atoms with Gasteiger partial charge in [0.15, 0.2) is 13.2 Å². The number of carbonyl (C=O) groups is 2. The van der Waals surface area contributed by atoms with E-state index in [2.05, 4.69) is 5.32 Å². The molecule has 0 unspecified atom stereocenters. The molecule has 0 aromatic heterocycles. The van der Waals surface area contributed by atoms with Gasteiger partial charge in [0.25, 0.3) is 5.91 Å². The van der Waals surface area contributed by atoms with Gasteiger partial charge in [0.05, 0.1) is 10.7 Å². The van der Waals surface area contributed by atoms with Crippen LogP contribution in [0.3, 0.4) is 0 Å². The van der Waals surface area contributed by atoms with Crippen molar-refractivity contribution in [2.75, 3.05) is 18.5 Å². The Kier molecular flexibility index (Phi) is 7.84. The van der Waals surface area contributed by atoms with Gasteiger partial charge in [-0.15, -0.1) is 0 Å². The van der Waals surface area contributed by atoms with E-state index in [-0.39, 0.29) is 17.3 Å². The Labute approximate surface area is 183 Å². The van der Waals surface area contributed by atoms with E-state index in [1.54, 1.807) is 24.3 Å². The molecule has 3 aromatic rings. The summed E-state index contributed by atoms with van der Waals surface area (Å²) in [4.78, 5) is 23.6. The Balaban J connectivity index is 1.37. The Hall–Kier alpha value is -3.58. The van der Waals surface area contributed by atoms with Gasteiger partial charge < -0.3 is 19.5 Å². The van der Waals surface area contributed by atoms with Crippen LogP contribution in [0.5, 0.6) is 11.5 Å². The van der Waals surface area contributed by atoms with E-state index in [1.165, 1.54) is 6.07 Å². The fourth-order valence-electron chi connectivity index (χ4n) is 2.48. The first-order valence-corrected chi connectivity index (χ1v) is 9.67. The molecule has 0 saturated heterocycles. The van der Waals surface area contributed by atoms with Crippen LogP contribution in [0.1, 0.15) is 5.56 Å². The second kappa shape index (κ2) is 11.0. The molecule has 0 spiro atoms. The van der Waals surface area contributed by atoms with Crippen LogP contribution in [0.25, 0.3) is 0 Å². The standard InChI is InChI=1S/C23H19ClFNO5/c24-20-12-17(25)6-11-21(20)26-22(27)14-31-23(28)15-30-19-9-7-18(8-10-19)29-13-16-4-2-1-3-5-16/h1-12H,13-15H2,(H,26,27). The van der Waals surface area contributed by atoms with E-state index >= 15 is 0 Å². The molecule has 0 aliphatic heterocycles. The number of halogens is 2. The molecule has 6 nitrogen and oxygen atoms in total. The number of hydrogen-bond acceptors (Lipinski definition) is 5. The third-order valence-electron chi connectivity index (χ3n) is 4.00. The second-order valence-corrected chi connectivity index (χ2v) is 6.77. The Bertz CT molecular complexity index is 1030. The third-order valence-corrected chi connectivity index (χ3v) is 4.31. The summed E-state index contributed by atoms with van der Waals surface area (Å²) >= 11 is 5.82. The summed E-state index contributed by atoms with van der Waals surface area (Å²) in [6, 6.07) is 20.1. The van der Waals surface area contributed by atoms with Crippen molar-refractivity contribution >= 4 is 29.2 Å². The normalized spacial score (nSPS) is 10.3. The van der Waals surface area contributed by atoms with E-state index in [0.29, 0.717) is 18.1 Å². The number of nitrogens with one attached hydrogen (secondary N) is 1.